The molecule has 3 nitrogen and oxygen atoms in total. The Kier molecular flexibility index (Phi) is 3.08. The zero-order valence-corrected chi connectivity index (χ0v) is 7.33. The number of phenolic OH excluding ortho intramolecular Hbond substituents is 1. The van der Waals surface area contributed by atoms with Crippen LogP contribution in [0.4, 0.5) is 4.39 Å². The van der Waals surface area contributed by atoms with Crippen molar-refractivity contribution < 1.29 is 14.2 Å². The second-order valence-electron chi connectivity index (χ2n) is 2.69. The van der Waals surface area contributed by atoms with E-state index in [0.29, 0.717) is 11.3 Å². The van der Waals surface area contributed by atoms with E-state index in [9.17, 15) is 9.50 Å². The first-order valence-corrected chi connectivity index (χ1v) is 3.87. The molecule has 1 rings (SSSR count). The van der Waals surface area contributed by atoms with Crippen LogP contribution < -0.4 is 10.5 Å². The molecule has 0 spiro atoms. The van der Waals surface area contributed by atoms with Gasteiger partial charge in [-0.25, -0.2) is 4.39 Å². The summed E-state index contributed by atoms with van der Waals surface area (Å²) in [6, 6.07) is 3.91. The monoisotopic (exact) mass is 185 g/mol. The van der Waals surface area contributed by atoms with Gasteiger partial charge >= 0.3 is 0 Å². The van der Waals surface area contributed by atoms with Gasteiger partial charge in [0.1, 0.15) is 6.67 Å². The Labute approximate surface area is 75.9 Å². The largest absolute Gasteiger partial charge is 0.504 e. The molecule has 0 aliphatic carbocycles. The summed E-state index contributed by atoms with van der Waals surface area (Å²) in [4.78, 5) is 0. The van der Waals surface area contributed by atoms with E-state index >= 15 is 0 Å². The molecule has 0 bridgehead atoms. The lowest BCUT2D eigenvalue weighted by Gasteiger charge is -2.09. The normalized spacial score (nSPS) is 12.5. The minimum absolute atomic E-state index is 0.0242. The van der Waals surface area contributed by atoms with Gasteiger partial charge in [-0.05, 0) is 17.7 Å². The molecule has 72 valence electrons. The maximum Gasteiger partial charge on any atom is 0.160 e. The number of rotatable bonds is 3. The fraction of sp³-hybridized carbons (Fsp3) is 0.333. The van der Waals surface area contributed by atoms with Crippen LogP contribution in [-0.2, 0) is 0 Å². The van der Waals surface area contributed by atoms with Crippen molar-refractivity contribution in [1.82, 2.24) is 0 Å². The fourth-order valence-electron chi connectivity index (χ4n) is 1.03. The minimum Gasteiger partial charge on any atom is -0.504 e. The molecule has 1 aromatic rings. The van der Waals surface area contributed by atoms with Crippen molar-refractivity contribution in [2.75, 3.05) is 13.8 Å². The van der Waals surface area contributed by atoms with Gasteiger partial charge in [0.15, 0.2) is 11.5 Å². The third-order valence-corrected chi connectivity index (χ3v) is 1.80. The first kappa shape index (κ1) is 9.80. The maximum atomic E-state index is 12.1. The summed E-state index contributed by atoms with van der Waals surface area (Å²) in [5.74, 6) is 0.332. The van der Waals surface area contributed by atoms with Crippen molar-refractivity contribution in [2.24, 2.45) is 5.73 Å². The number of aromatic hydroxyl groups is 1. The molecule has 0 amide bonds. The smallest absolute Gasteiger partial charge is 0.160 e. The number of methoxy groups -OCH3 is 1. The van der Waals surface area contributed by atoms with Crippen molar-refractivity contribution in [3.63, 3.8) is 0 Å². The van der Waals surface area contributed by atoms with E-state index in [1.807, 2.05) is 0 Å². The van der Waals surface area contributed by atoms with Gasteiger partial charge < -0.3 is 15.6 Å². The van der Waals surface area contributed by atoms with Crippen molar-refractivity contribution in [1.29, 1.82) is 0 Å². The second-order valence-corrected chi connectivity index (χ2v) is 2.69. The molecule has 0 unspecified atom stereocenters. The predicted octanol–water partition coefficient (Wildman–Crippen LogP) is 1.37. The lowest BCUT2D eigenvalue weighted by atomic mass is 10.1. The number of hydrogen-bond acceptors (Lipinski definition) is 3. The van der Waals surface area contributed by atoms with E-state index in [1.165, 1.54) is 13.2 Å². The van der Waals surface area contributed by atoms with Crippen LogP contribution in [0.15, 0.2) is 18.2 Å². The Morgan fingerprint density at radius 3 is 2.77 bits per heavy atom. The van der Waals surface area contributed by atoms with Gasteiger partial charge in [-0.1, -0.05) is 6.07 Å². The van der Waals surface area contributed by atoms with Gasteiger partial charge in [0.25, 0.3) is 0 Å². The molecule has 1 aromatic carbocycles. The molecule has 0 aliphatic rings. The topological polar surface area (TPSA) is 55.5 Å². The van der Waals surface area contributed by atoms with Crippen LogP contribution in [0.25, 0.3) is 0 Å². The van der Waals surface area contributed by atoms with Crippen molar-refractivity contribution in [2.45, 2.75) is 6.04 Å². The number of phenols is 1. The molecule has 0 radical (unpaired) electrons. The highest BCUT2D eigenvalue weighted by atomic mass is 19.1. The van der Waals surface area contributed by atoms with Gasteiger partial charge in [0, 0.05) is 0 Å². The zero-order chi connectivity index (χ0) is 9.84. The van der Waals surface area contributed by atoms with Gasteiger partial charge in [0.05, 0.1) is 13.2 Å². The fourth-order valence-corrected chi connectivity index (χ4v) is 1.03. The van der Waals surface area contributed by atoms with Crippen molar-refractivity contribution in [3.05, 3.63) is 23.8 Å². The van der Waals surface area contributed by atoms with E-state index in [2.05, 4.69) is 0 Å². The molecule has 4 heteroatoms. The third kappa shape index (κ3) is 2.09. The molecule has 0 aliphatic heterocycles. The van der Waals surface area contributed by atoms with Crippen LogP contribution in [0.3, 0.4) is 0 Å². The molecule has 0 fully saturated rings. The Balaban J connectivity index is 2.95. The summed E-state index contributed by atoms with van der Waals surface area (Å²) >= 11 is 0. The minimum atomic E-state index is -0.684. The summed E-state index contributed by atoms with van der Waals surface area (Å²) in [5, 5.41) is 9.33. The summed E-state index contributed by atoms with van der Waals surface area (Å²) < 4.78 is 17.0. The van der Waals surface area contributed by atoms with Crippen LogP contribution >= 0.6 is 0 Å². The lowest BCUT2D eigenvalue weighted by Crippen LogP contribution is -2.11. The number of alkyl halides is 1. The molecule has 0 aromatic heterocycles. The Morgan fingerprint density at radius 1 is 1.62 bits per heavy atom. The SMILES string of the molecule is COc1ccc([C@@H](N)CF)cc1O. The first-order chi connectivity index (χ1) is 6.19. The number of nitrogens with two attached hydrogens (primary N) is 1. The molecule has 13 heavy (non-hydrogen) atoms. The standard InChI is InChI=1S/C9H12FNO2/c1-13-9-3-2-6(4-8(9)12)7(11)5-10/h2-4,7,12H,5,11H2,1H3/t7-/m0/s1. The van der Waals surface area contributed by atoms with Gasteiger partial charge in [-0.3, -0.25) is 0 Å². The van der Waals surface area contributed by atoms with Crippen LogP contribution in [-0.4, -0.2) is 18.9 Å². The molecule has 0 saturated heterocycles. The Hall–Kier alpha value is -1.29. The highest BCUT2D eigenvalue weighted by Crippen LogP contribution is 2.28. The number of benzene rings is 1. The van der Waals surface area contributed by atoms with Gasteiger partial charge in [-0.15, -0.1) is 0 Å². The Morgan fingerprint density at radius 2 is 2.31 bits per heavy atom. The highest BCUT2D eigenvalue weighted by molar-refractivity contribution is 5.42. The highest BCUT2D eigenvalue weighted by Gasteiger charge is 2.08. The lowest BCUT2D eigenvalue weighted by molar-refractivity contribution is 0.371. The molecule has 1 atom stereocenters. The van der Waals surface area contributed by atoms with Gasteiger partial charge in [-0.2, -0.15) is 0 Å². The van der Waals surface area contributed by atoms with Crippen molar-refractivity contribution >= 4 is 0 Å². The summed E-state index contributed by atoms with van der Waals surface area (Å²) in [7, 11) is 1.45. The number of ether oxygens (including phenoxy) is 1. The third-order valence-electron chi connectivity index (χ3n) is 1.80. The van der Waals surface area contributed by atoms with Crippen LogP contribution in [0.2, 0.25) is 0 Å². The van der Waals surface area contributed by atoms with Gasteiger partial charge in [0.2, 0.25) is 0 Å². The maximum absolute atomic E-state index is 12.1. The van der Waals surface area contributed by atoms with E-state index in [1.54, 1.807) is 12.1 Å². The summed E-state index contributed by atoms with van der Waals surface area (Å²) in [6.45, 7) is -0.647. The quantitative estimate of drug-likeness (QED) is 0.747. The van der Waals surface area contributed by atoms with E-state index in [-0.39, 0.29) is 5.75 Å². The number of hydrogen-bond donors (Lipinski definition) is 2. The zero-order valence-electron chi connectivity index (χ0n) is 7.33. The summed E-state index contributed by atoms with van der Waals surface area (Å²) in [5.41, 5.74) is 5.98. The van der Waals surface area contributed by atoms with Crippen LogP contribution in [0.1, 0.15) is 11.6 Å². The molecular formula is C9H12FNO2. The van der Waals surface area contributed by atoms with Crippen LogP contribution in [0.5, 0.6) is 11.5 Å². The van der Waals surface area contributed by atoms with E-state index in [0.717, 1.165) is 0 Å². The molecule has 0 heterocycles. The van der Waals surface area contributed by atoms with E-state index < -0.39 is 12.7 Å². The predicted molar refractivity (Wildman–Crippen MR) is 47.6 cm³/mol. The second kappa shape index (κ2) is 4.09. The van der Waals surface area contributed by atoms with E-state index in [4.69, 9.17) is 10.5 Å². The molecule has 3 N–H and O–H groups in total. The summed E-state index contributed by atoms with van der Waals surface area (Å²) in [6.07, 6.45) is 0. The average molecular weight is 185 g/mol. The Bertz CT molecular complexity index is 291. The van der Waals surface area contributed by atoms with Crippen molar-refractivity contribution in [3.8, 4) is 11.5 Å². The average Bonchev–Trinajstić information content (AvgIpc) is 2.16. The molecular weight excluding hydrogens is 173 g/mol. The number of halogens is 1. The first-order valence-electron chi connectivity index (χ1n) is 3.87. The molecule has 0 saturated carbocycles. The van der Waals surface area contributed by atoms with Crippen LogP contribution in [0, 0.1) is 0 Å².